The third kappa shape index (κ3) is 5.01. The first-order valence-corrected chi connectivity index (χ1v) is 5.73. The minimum atomic E-state index is -4.29. The topological polar surface area (TPSA) is 54.2 Å². The van der Waals surface area contributed by atoms with Crippen molar-refractivity contribution >= 4 is 0 Å². The lowest BCUT2D eigenvalue weighted by atomic mass is 10.4. The normalized spacial score (nSPS) is 12.3. The highest BCUT2D eigenvalue weighted by molar-refractivity contribution is 4.85. The van der Waals surface area contributed by atoms with Gasteiger partial charge in [0.25, 0.3) is 0 Å². The number of aryl methyl sites for hydroxylation is 1. The Labute approximate surface area is 103 Å². The minimum absolute atomic E-state index is 0.0278. The van der Waals surface area contributed by atoms with Crippen molar-refractivity contribution in [3.05, 3.63) is 12.2 Å². The summed E-state index contributed by atoms with van der Waals surface area (Å²) in [4.78, 5) is 5.06. The SMILES string of the molecule is CCCn1ncnc1CN(CCO)CC(F)(F)F. The summed E-state index contributed by atoms with van der Waals surface area (Å²) in [7, 11) is 0. The predicted molar refractivity (Wildman–Crippen MR) is 58.7 cm³/mol. The average molecular weight is 266 g/mol. The number of aliphatic hydroxyl groups excluding tert-OH is 1. The molecule has 0 saturated carbocycles. The van der Waals surface area contributed by atoms with Gasteiger partial charge in [-0.2, -0.15) is 18.3 Å². The highest BCUT2D eigenvalue weighted by atomic mass is 19.4. The van der Waals surface area contributed by atoms with E-state index in [1.54, 1.807) is 4.68 Å². The summed E-state index contributed by atoms with van der Waals surface area (Å²) in [6.07, 6.45) is -2.13. The lowest BCUT2D eigenvalue weighted by Crippen LogP contribution is -2.36. The van der Waals surface area contributed by atoms with E-state index < -0.39 is 12.7 Å². The molecule has 1 rings (SSSR count). The van der Waals surface area contributed by atoms with Crippen molar-refractivity contribution in [3.63, 3.8) is 0 Å². The second-order valence-electron chi connectivity index (χ2n) is 3.95. The van der Waals surface area contributed by atoms with Crippen LogP contribution in [0, 0.1) is 0 Å². The fourth-order valence-electron chi connectivity index (χ4n) is 1.62. The number of aromatic nitrogens is 3. The van der Waals surface area contributed by atoms with Crippen LogP contribution in [0.3, 0.4) is 0 Å². The third-order valence-corrected chi connectivity index (χ3v) is 2.32. The van der Waals surface area contributed by atoms with Gasteiger partial charge in [0, 0.05) is 13.1 Å². The van der Waals surface area contributed by atoms with Crippen LogP contribution >= 0.6 is 0 Å². The average Bonchev–Trinajstić information content (AvgIpc) is 2.64. The van der Waals surface area contributed by atoms with Crippen LogP contribution in [-0.4, -0.2) is 50.6 Å². The molecule has 1 aromatic heterocycles. The molecule has 0 amide bonds. The van der Waals surface area contributed by atoms with Gasteiger partial charge in [-0.1, -0.05) is 6.92 Å². The van der Waals surface area contributed by atoms with Gasteiger partial charge in [0.05, 0.1) is 19.7 Å². The molecule has 0 spiro atoms. The zero-order valence-corrected chi connectivity index (χ0v) is 10.2. The highest BCUT2D eigenvalue weighted by Crippen LogP contribution is 2.17. The van der Waals surface area contributed by atoms with Crippen LogP contribution in [0.25, 0.3) is 0 Å². The van der Waals surface area contributed by atoms with Gasteiger partial charge < -0.3 is 5.11 Å². The van der Waals surface area contributed by atoms with Crippen LogP contribution in [-0.2, 0) is 13.1 Å². The number of nitrogens with zero attached hydrogens (tertiary/aromatic N) is 4. The minimum Gasteiger partial charge on any atom is -0.395 e. The Morgan fingerprint density at radius 3 is 2.72 bits per heavy atom. The van der Waals surface area contributed by atoms with Gasteiger partial charge >= 0.3 is 6.18 Å². The highest BCUT2D eigenvalue weighted by Gasteiger charge is 2.31. The van der Waals surface area contributed by atoms with E-state index in [1.807, 2.05) is 6.92 Å². The molecular weight excluding hydrogens is 249 g/mol. The molecule has 5 nitrogen and oxygen atoms in total. The van der Waals surface area contributed by atoms with E-state index in [2.05, 4.69) is 10.1 Å². The zero-order chi connectivity index (χ0) is 13.6. The van der Waals surface area contributed by atoms with Crippen LogP contribution in [0.15, 0.2) is 6.33 Å². The molecule has 8 heteroatoms. The molecule has 0 aliphatic rings. The lowest BCUT2D eigenvalue weighted by molar-refractivity contribution is -0.148. The Morgan fingerprint density at radius 1 is 1.44 bits per heavy atom. The summed E-state index contributed by atoms with van der Waals surface area (Å²) in [5.41, 5.74) is 0. The monoisotopic (exact) mass is 266 g/mol. The van der Waals surface area contributed by atoms with Gasteiger partial charge in [-0.25, -0.2) is 9.67 Å². The van der Waals surface area contributed by atoms with Crippen molar-refractivity contribution in [2.24, 2.45) is 0 Å². The van der Waals surface area contributed by atoms with Crippen LogP contribution in [0.2, 0.25) is 0 Å². The molecule has 1 N–H and O–H groups in total. The van der Waals surface area contributed by atoms with E-state index in [9.17, 15) is 13.2 Å². The number of hydrogen-bond acceptors (Lipinski definition) is 4. The number of aliphatic hydroxyl groups is 1. The first-order valence-electron chi connectivity index (χ1n) is 5.73. The van der Waals surface area contributed by atoms with Crippen LogP contribution < -0.4 is 0 Å². The second kappa shape index (κ2) is 6.69. The fourth-order valence-corrected chi connectivity index (χ4v) is 1.62. The van der Waals surface area contributed by atoms with Crippen molar-refractivity contribution in [3.8, 4) is 0 Å². The van der Waals surface area contributed by atoms with Gasteiger partial charge in [0.1, 0.15) is 12.2 Å². The molecule has 0 unspecified atom stereocenters. The van der Waals surface area contributed by atoms with Gasteiger partial charge in [-0.05, 0) is 6.42 Å². The standard InChI is InChI=1S/C10H17F3N4O/c1-2-3-17-9(14-8-15-17)6-16(4-5-18)7-10(11,12)13/h8,18H,2-7H2,1H3. The van der Waals surface area contributed by atoms with Crippen molar-refractivity contribution in [1.29, 1.82) is 0 Å². The Bertz CT molecular complexity index is 353. The zero-order valence-electron chi connectivity index (χ0n) is 10.2. The van der Waals surface area contributed by atoms with E-state index in [0.29, 0.717) is 12.4 Å². The van der Waals surface area contributed by atoms with Crippen molar-refractivity contribution in [2.75, 3.05) is 19.7 Å². The third-order valence-electron chi connectivity index (χ3n) is 2.32. The summed E-state index contributed by atoms with van der Waals surface area (Å²) in [5.74, 6) is 0.481. The summed E-state index contributed by atoms with van der Waals surface area (Å²) in [5, 5.41) is 12.7. The molecule has 1 aromatic rings. The van der Waals surface area contributed by atoms with Crippen LogP contribution in [0.1, 0.15) is 19.2 Å². The van der Waals surface area contributed by atoms with Crippen molar-refractivity contribution < 1.29 is 18.3 Å². The fraction of sp³-hybridized carbons (Fsp3) is 0.800. The maximum absolute atomic E-state index is 12.3. The number of hydrogen-bond donors (Lipinski definition) is 1. The summed E-state index contributed by atoms with van der Waals surface area (Å²) < 4.78 is 38.6. The van der Waals surface area contributed by atoms with Crippen LogP contribution in [0.5, 0.6) is 0 Å². The van der Waals surface area contributed by atoms with E-state index >= 15 is 0 Å². The molecule has 0 radical (unpaired) electrons. The Balaban J connectivity index is 2.67. The van der Waals surface area contributed by atoms with E-state index in [-0.39, 0.29) is 19.7 Å². The molecule has 0 atom stereocenters. The van der Waals surface area contributed by atoms with E-state index in [4.69, 9.17) is 5.11 Å². The van der Waals surface area contributed by atoms with Gasteiger partial charge in [-0.3, -0.25) is 4.90 Å². The predicted octanol–water partition coefficient (Wildman–Crippen LogP) is 1.04. The van der Waals surface area contributed by atoms with E-state index in [0.717, 1.165) is 11.3 Å². The molecule has 0 aliphatic heterocycles. The maximum atomic E-state index is 12.3. The molecule has 104 valence electrons. The smallest absolute Gasteiger partial charge is 0.395 e. The summed E-state index contributed by atoms with van der Waals surface area (Å²) >= 11 is 0. The number of alkyl halides is 3. The Morgan fingerprint density at radius 2 is 2.17 bits per heavy atom. The maximum Gasteiger partial charge on any atom is 0.401 e. The summed E-state index contributed by atoms with van der Waals surface area (Å²) in [6.45, 7) is 1.17. The first-order chi connectivity index (χ1) is 8.46. The molecule has 0 aromatic carbocycles. The molecule has 18 heavy (non-hydrogen) atoms. The Hall–Kier alpha value is -1.15. The number of rotatable bonds is 7. The molecule has 0 fully saturated rings. The van der Waals surface area contributed by atoms with Crippen molar-refractivity contribution in [1.82, 2.24) is 19.7 Å². The Kier molecular flexibility index (Phi) is 5.54. The van der Waals surface area contributed by atoms with Gasteiger partial charge in [-0.15, -0.1) is 0 Å². The van der Waals surface area contributed by atoms with Gasteiger partial charge in [0.2, 0.25) is 0 Å². The molecule has 0 bridgehead atoms. The largest absolute Gasteiger partial charge is 0.401 e. The lowest BCUT2D eigenvalue weighted by Gasteiger charge is -2.22. The molecule has 0 aliphatic carbocycles. The molecular formula is C10H17F3N4O. The molecule has 0 saturated heterocycles. The molecule has 1 heterocycles. The van der Waals surface area contributed by atoms with Crippen LogP contribution in [0.4, 0.5) is 13.2 Å². The summed E-state index contributed by atoms with van der Waals surface area (Å²) in [6, 6.07) is 0. The number of halogens is 3. The van der Waals surface area contributed by atoms with Gasteiger partial charge in [0.15, 0.2) is 0 Å². The van der Waals surface area contributed by atoms with E-state index in [1.165, 1.54) is 6.33 Å². The second-order valence-corrected chi connectivity index (χ2v) is 3.95. The quantitative estimate of drug-likeness (QED) is 0.801. The first kappa shape index (κ1) is 14.9. The van der Waals surface area contributed by atoms with Crippen molar-refractivity contribution in [2.45, 2.75) is 32.6 Å².